The zero-order chi connectivity index (χ0) is 14.6. The molecule has 2 amide bonds. The maximum atomic E-state index is 12.9. The molecule has 0 spiro atoms. The molecule has 1 unspecified atom stereocenters. The second-order valence-corrected chi connectivity index (χ2v) is 4.18. The van der Waals surface area contributed by atoms with E-state index in [9.17, 15) is 18.4 Å². The van der Waals surface area contributed by atoms with Crippen molar-refractivity contribution in [3.63, 3.8) is 0 Å². The third-order valence-corrected chi connectivity index (χ3v) is 2.49. The summed E-state index contributed by atoms with van der Waals surface area (Å²) in [4.78, 5) is 23.5. The lowest BCUT2D eigenvalue weighted by Gasteiger charge is -2.20. The van der Waals surface area contributed by atoms with E-state index < -0.39 is 29.6 Å². The van der Waals surface area contributed by atoms with Crippen molar-refractivity contribution < 1.29 is 23.5 Å². The van der Waals surface area contributed by atoms with Gasteiger partial charge >= 0.3 is 12.0 Å². The van der Waals surface area contributed by atoms with Gasteiger partial charge in [-0.3, -0.25) is 4.79 Å². The highest BCUT2D eigenvalue weighted by molar-refractivity contribution is 5.89. The van der Waals surface area contributed by atoms with Crippen LogP contribution in [0.5, 0.6) is 0 Å². The number of rotatable bonds is 4. The number of carboxylic acids is 1. The summed E-state index contributed by atoms with van der Waals surface area (Å²) >= 11 is 0. The number of aliphatic carboxylic acids is 1. The number of amides is 2. The molecule has 0 bridgehead atoms. The van der Waals surface area contributed by atoms with Gasteiger partial charge < -0.3 is 15.3 Å². The van der Waals surface area contributed by atoms with Crippen LogP contribution in [0.3, 0.4) is 0 Å². The van der Waals surface area contributed by atoms with Crippen LogP contribution < -0.4 is 5.32 Å². The Morgan fingerprint density at radius 3 is 2.53 bits per heavy atom. The molecule has 0 saturated heterocycles. The molecule has 5 nitrogen and oxygen atoms in total. The minimum Gasteiger partial charge on any atom is -0.481 e. The van der Waals surface area contributed by atoms with E-state index in [2.05, 4.69) is 5.32 Å². The molecule has 1 rings (SSSR count). The number of benzene rings is 1. The van der Waals surface area contributed by atoms with Gasteiger partial charge in [0.25, 0.3) is 0 Å². The van der Waals surface area contributed by atoms with Gasteiger partial charge in [0.15, 0.2) is 11.6 Å². The minimum atomic E-state index is -1.07. The molecule has 1 aromatic rings. The SMILES string of the molecule is CC(CN(C)C(=O)Nc1ccc(F)c(F)c1)C(=O)O. The molecule has 0 saturated carbocycles. The molecular formula is C12H14F2N2O3. The number of carbonyl (C=O) groups is 2. The Kier molecular flexibility index (Phi) is 4.80. The Labute approximate surface area is 108 Å². The zero-order valence-corrected chi connectivity index (χ0v) is 10.5. The van der Waals surface area contributed by atoms with E-state index in [1.165, 1.54) is 20.0 Å². The summed E-state index contributed by atoms with van der Waals surface area (Å²) in [6.45, 7) is 1.47. The van der Waals surface area contributed by atoms with Gasteiger partial charge in [-0.15, -0.1) is 0 Å². The van der Waals surface area contributed by atoms with Gasteiger partial charge in [0, 0.05) is 25.3 Å². The molecule has 2 N–H and O–H groups in total. The highest BCUT2D eigenvalue weighted by Crippen LogP contribution is 2.13. The van der Waals surface area contributed by atoms with Gasteiger partial charge in [0.05, 0.1) is 5.92 Å². The number of urea groups is 1. The van der Waals surface area contributed by atoms with Crippen LogP contribution in [-0.2, 0) is 4.79 Å². The highest BCUT2D eigenvalue weighted by Gasteiger charge is 2.17. The summed E-state index contributed by atoms with van der Waals surface area (Å²) in [5, 5.41) is 11.1. The Morgan fingerprint density at radius 2 is 2.00 bits per heavy atom. The van der Waals surface area contributed by atoms with Crippen molar-refractivity contribution in [2.24, 2.45) is 5.92 Å². The van der Waals surface area contributed by atoms with Gasteiger partial charge in [0.1, 0.15) is 0 Å². The molecule has 7 heteroatoms. The van der Waals surface area contributed by atoms with Crippen LogP contribution >= 0.6 is 0 Å². The Balaban J connectivity index is 2.63. The van der Waals surface area contributed by atoms with Crippen molar-refractivity contribution in [1.29, 1.82) is 0 Å². The molecule has 0 aliphatic carbocycles. The summed E-state index contributed by atoms with van der Waals surface area (Å²) in [6.07, 6.45) is 0. The predicted molar refractivity (Wildman–Crippen MR) is 64.8 cm³/mol. The van der Waals surface area contributed by atoms with Crippen LogP contribution in [0.2, 0.25) is 0 Å². The van der Waals surface area contributed by atoms with Crippen LogP contribution in [0.1, 0.15) is 6.92 Å². The average molecular weight is 272 g/mol. The fourth-order valence-electron chi connectivity index (χ4n) is 1.36. The van der Waals surface area contributed by atoms with E-state index >= 15 is 0 Å². The molecule has 1 atom stereocenters. The fourth-order valence-corrected chi connectivity index (χ4v) is 1.36. The molecule has 0 heterocycles. The van der Waals surface area contributed by atoms with Crippen molar-refractivity contribution >= 4 is 17.7 Å². The van der Waals surface area contributed by atoms with E-state index in [0.29, 0.717) is 0 Å². The summed E-state index contributed by atoms with van der Waals surface area (Å²) in [5.74, 6) is -3.82. The third-order valence-electron chi connectivity index (χ3n) is 2.49. The summed E-state index contributed by atoms with van der Waals surface area (Å²) in [5.41, 5.74) is 0.0960. The average Bonchev–Trinajstić information content (AvgIpc) is 2.33. The predicted octanol–water partition coefficient (Wildman–Crippen LogP) is 2.15. The number of hydrogen-bond acceptors (Lipinski definition) is 2. The fraction of sp³-hybridized carbons (Fsp3) is 0.333. The number of nitrogens with zero attached hydrogens (tertiary/aromatic N) is 1. The largest absolute Gasteiger partial charge is 0.481 e. The maximum absolute atomic E-state index is 12.9. The number of anilines is 1. The lowest BCUT2D eigenvalue weighted by molar-refractivity contribution is -0.141. The van der Waals surface area contributed by atoms with Crippen molar-refractivity contribution in [3.8, 4) is 0 Å². The van der Waals surface area contributed by atoms with E-state index in [-0.39, 0.29) is 12.2 Å². The topological polar surface area (TPSA) is 69.6 Å². The third kappa shape index (κ3) is 4.20. The minimum absolute atomic E-state index is 0.00481. The van der Waals surface area contributed by atoms with Crippen molar-refractivity contribution in [2.75, 3.05) is 18.9 Å². The standard InChI is InChI=1S/C12H14F2N2O3/c1-7(11(17)18)6-16(2)12(19)15-8-3-4-9(13)10(14)5-8/h3-5,7H,6H2,1-2H3,(H,15,19)(H,17,18). The molecule has 1 aromatic carbocycles. The molecule has 0 aromatic heterocycles. The van der Waals surface area contributed by atoms with Gasteiger partial charge in [-0.2, -0.15) is 0 Å². The molecule has 0 aliphatic heterocycles. The molecule has 104 valence electrons. The normalized spacial score (nSPS) is 11.8. The monoisotopic (exact) mass is 272 g/mol. The molecule has 19 heavy (non-hydrogen) atoms. The second-order valence-electron chi connectivity index (χ2n) is 4.18. The van der Waals surface area contributed by atoms with Crippen LogP contribution in [0.15, 0.2) is 18.2 Å². The zero-order valence-electron chi connectivity index (χ0n) is 10.5. The van der Waals surface area contributed by atoms with Gasteiger partial charge in [0.2, 0.25) is 0 Å². The summed E-state index contributed by atoms with van der Waals surface area (Å²) < 4.78 is 25.6. The lowest BCUT2D eigenvalue weighted by Crippen LogP contribution is -2.36. The maximum Gasteiger partial charge on any atom is 0.321 e. The summed E-state index contributed by atoms with van der Waals surface area (Å²) in [7, 11) is 1.41. The Bertz CT molecular complexity index is 494. The van der Waals surface area contributed by atoms with Crippen LogP contribution in [0, 0.1) is 17.6 Å². The molecular weight excluding hydrogens is 258 g/mol. The first-order valence-electron chi connectivity index (χ1n) is 5.51. The smallest absolute Gasteiger partial charge is 0.321 e. The van der Waals surface area contributed by atoms with E-state index in [4.69, 9.17) is 5.11 Å². The number of carbonyl (C=O) groups excluding carboxylic acids is 1. The van der Waals surface area contributed by atoms with E-state index in [1.807, 2.05) is 0 Å². The first kappa shape index (κ1) is 14.9. The first-order chi connectivity index (χ1) is 8.81. The van der Waals surface area contributed by atoms with Gasteiger partial charge in [-0.05, 0) is 12.1 Å². The van der Waals surface area contributed by atoms with Crippen molar-refractivity contribution in [3.05, 3.63) is 29.8 Å². The van der Waals surface area contributed by atoms with Crippen molar-refractivity contribution in [2.45, 2.75) is 6.92 Å². The Hall–Kier alpha value is -2.18. The summed E-state index contributed by atoms with van der Waals surface area (Å²) in [6, 6.07) is 2.36. The molecule has 0 radical (unpaired) electrons. The quantitative estimate of drug-likeness (QED) is 0.882. The molecule has 0 fully saturated rings. The van der Waals surface area contributed by atoms with Crippen LogP contribution in [0.4, 0.5) is 19.3 Å². The lowest BCUT2D eigenvalue weighted by atomic mass is 10.2. The Morgan fingerprint density at radius 1 is 1.37 bits per heavy atom. The second kappa shape index (κ2) is 6.12. The van der Waals surface area contributed by atoms with Gasteiger partial charge in [-0.25, -0.2) is 13.6 Å². The number of carboxylic acid groups (broad SMARTS) is 1. The van der Waals surface area contributed by atoms with Crippen LogP contribution in [-0.4, -0.2) is 35.6 Å². The van der Waals surface area contributed by atoms with E-state index in [0.717, 1.165) is 17.0 Å². The van der Waals surface area contributed by atoms with Crippen LogP contribution in [0.25, 0.3) is 0 Å². The number of halogens is 2. The van der Waals surface area contributed by atoms with Crippen molar-refractivity contribution in [1.82, 2.24) is 4.90 Å². The molecule has 0 aliphatic rings. The van der Waals surface area contributed by atoms with Gasteiger partial charge in [-0.1, -0.05) is 6.92 Å². The number of hydrogen-bond donors (Lipinski definition) is 2. The first-order valence-corrected chi connectivity index (χ1v) is 5.51. The van der Waals surface area contributed by atoms with E-state index in [1.54, 1.807) is 0 Å². The highest BCUT2D eigenvalue weighted by atomic mass is 19.2. The number of nitrogens with one attached hydrogen (secondary N) is 1.